The number of carbonyl (C=O) groups is 1. The van der Waals surface area contributed by atoms with Gasteiger partial charge in [-0.1, -0.05) is 18.1 Å². The van der Waals surface area contributed by atoms with E-state index in [-0.39, 0.29) is 5.91 Å². The zero-order valence-corrected chi connectivity index (χ0v) is 15.5. The molecule has 1 amide bonds. The standard InChI is InChI=1S/C21H23N3O2/c1-4-14-5-8-19-17(10-14)18(9-13(2)22-19)21(25)24(3)12-16-11-20(26-23-16)15-6-7-15/h5,8-11,15H,4,6-7,12H2,1-3H3. The maximum atomic E-state index is 13.1. The Bertz CT molecular complexity index is 973. The van der Waals surface area contributed by atoms with E-state index >= 15 is 0 Å². The lowest BCUT2D eigenvalue weighted by Crippen LogP contribution is -2.26. The molecular formula is C21H23N3O2. The minimum absolute atomic E-state index is 0.0234. The van der Waals surface area contributed by atoms with Gasteiger partial charge in [0, 0.05) is 30.1 Å². The number of fused-ring (bicyclic) bond motifs is 1. The van der Waals surface area contributed by atoms with Gasteiger partial charge in [0.2, 0.25) is 0 Å². The Morgan fingerprint density at radius 3 is 2.81 bits per heavy atom. The largest absolute Gasteiger partial charge is 0.361 e. The van der Waals surface area contributed by atoms with Gasteiger partial charge in [0.25, 0.3) is 5.91 Å². The molecule has 2 heterocycles. The summed E-state index contributed by atoms with van der Waals surface area (Å²) in [5, 5.41) is 5.03. The summed E-state index contributed by atoms with van der Waals surface area (Å²) in [6.45, 7) is 4.47. The fourth-order valence-corrected chi connectivity index (χ4v) is 3.29. The van der Waals surface area contributed by atoms with Crippen molar-refractivity contribution in [2.45, 2.75) is 45.6 Å². The van der Waals surface area contributed by atoms with Crippen LogP contribution in [0.1, 0.15) is 58.8 Å². The molecule has 1 aromatic carbocycles. The van der Waals surface area contributed by atoms with Gasteiger partial charge >= 0.3 is 0 Å². The minimum atomic E-state index is -0.0234. The quantitative estimate of drug-likeness (QED) is 0.691. The molecule has 0 spiro atoms. The van der Waals surface area contributed by atoms with E-state index in [0.717, 1.165) is 34.5 Å². The SMILES string of the molecule is CCc1ccc2nc(C)cc(C(=O)N(C)Cc3cc(C4CC4)on3)c2c1. The van der Waals surface area contributed by atoms with Crippen LogP contribution in [0.15, 0.2) is 34.9 Å². The molecule has 2 aromatic heterocycles. The van der Waals surface area contributed by atoms with Gasteiger partial charge in [0.1, 0.15) is 11.5 Å². The Balaban J connectivity index is 1.63. The molecule has 1 saturated carbocycles. The summed E-state index contributed by atoms with van der Waals surface area (Å²) < 4.78 is 5.40. The summed E-state index contributed by atoms with van der Waals surface area (Å²) in [4.78, 5) is 19.4. The number of benzene rings is 1. The van der Waals surface area contributed by atoms with Crippen LogP contribution in [0.25, 0.3) is 10.9 Å². The van der Waals surface area contributed by atoms with E-state index < -0.39 is 0 Å². The van der Waals surface area contributed by atoms with Crippen molar-refractivity contribution in [2.75, 3.05) is 7.05 Å². The first-order valence-corrected chi connectivity index (χ1v) is 9.16. The van der Waals surface area contributed by atoms with E-state index in [1.54, 1.807) is 11.9 Å². The number of nitrogens with zero attached hydrogens (tertiary/aromatic N) is 3. The third-order valence-electron chi connectivity index (χ3n) is 4.94. The normalized spacial score (nSPS) is 14.0. The van der Waals surface area contributed by atoms with Crippen LogP contribution in [0.2, 0.25) is 0 Å². The monoisotopic (exact) mass is 349 g/mol. The third-order valence-corrected chi connectivity index (χ3v) is 4.94. The zero-order chi connectivity index (χ0) is 18.3. The fraction of sp³-hybridized carbons (Fsp3) is 0.381. The van der Waals surface area contributed by atoms with E-state index in [9.17, 15) is 4.79 Å². The number of hydrogen-bond donors (Lipinski definition) is 0. The Hall–Kier alpha value is -2.69. The Morgan fingerprint density at radius 2 is 2.08 bits per heavy atom. The van der Waals surface area contributed by atoms with Crippen molar-refractivity contribution >= 4 is 16.8 Å². The summed E-state index contributed by atoms with van der Waals surface area (Å²) in [7, 11) is 1.80. The van der Waals surface area contributed by atoms with E-state index in [0.29, 0.717) is 18.0 Å². The number of carbonyl (C=O) groups excluding carboxylic acids is 1. The van der Waals surface area contributed by atoms with Crippen molar-refractivity contribution in [2.24, 2.45) is 0 Å². The number of aryl methyl sites for hydroxylation is 2. The van der Waals surface area contributed by atoms with Crippen LogP contribution in [0, 0.1) is 6.92 Å². The molecule has 3 aromatic rings. The second-order valence-electron chi connectivity index (χ2n) is 7.17. The third kappa shape index (κ3) is 3.21. The van der Waals surface area contributed by atoms with E-state index in [1.807, 2.05) is 25.1 Å². The van der Waals surface area contributed by atoms with Gasteiger partial charge in [-0.3, -0.25) is 9.78 Å². The highest BCUT2D eigenvalue weighted by Crippen LogP contribution is 2.40. The highest BCUT2D eigenvalue weighted by atomic mass is 16.5. The molecule has 26 heavy (non-hydrogen) atoms. The minimum Gasteiger partial charge on any atom is -0.361 e. The van der Waals surface area contributed by atoms with Gasteiger partial charge in [0.15, 0.2) is 0 Å². The topological polar surface area (TPSA) is 59.2 Å². The molecule has 0 bridgehead atoms. The molecule has 134 valence electrons. The zero-order valence-electron chi connectivity index (χ0n) is 15.5. The van der Waals surface area contributed by atoms with Crippen LogP contribution in [-0.2, 0) is 13.0 Å². The summed E-state index contributed by atoms with van der Waals surface area (Å²) >= 11 is 0. The first kappa shape index (κ1) is 16.8. The average Bonchev–Trinajstić information content (AvgIpc) is 3.39. The average molecular weight is 349 g/mol. The Morgan fingerprint density at radius 1 is 1.27 bits per heavy atom. The second kappa shape index (κ2) is 6.56. The molecule has 0 aliphatic heterocycles. The van der Waals surface area contributed by atoms with Crippen LogP contribution in [0.4, 0.5) is 0 Å². The molecule has 0 saturated heterocycles. The molecule has 5 heteroatoms. The molecule has 5 nitrogen and oxygen atoms in total. The molecular weight excluding hydrogens is 326 g/mol. The number of hydrogen-bond acceptors (Lipinski definition) is 4. The molecule has 0 radical (unpaired) electrons. The Labute approximate surface area is 153 Å². The predicted molar refractivity (Wildman–Crippen MR) is 100 cm³/mol. The van der Waals surface area contributed by atoms with Gasteiger partial charge < -0.3 is 9.42 Å². The molecule has 0 N–H and O–H groups in total. The van der Waals surface area contributed by atoms with Crippen molar-refractivity contribution in [3.63, 3.8) is 0 Å². The Kier molecular flexibility index (Phi) is 4.23. The van der Waals surface area contributed by atoms with Crippen LogP contribution in [0.5, 0.6) is 0 Å². The van der Waals surface area contributed by atoms with Crippen molar-refractivity contribution in [1.82, 2.24) is 15.0 Å². The van der Waals surface area contributed by atoms with Gasteiger partial charge in [-0.25, -0.2) is 0 Å². The van der Waals surface area contributed by atoms with E-state index in [2.05, 4.69) is 29.2 Å². The molecule has 1 aliphatic carbocycles. The summed E-state index contributed by atoms with van der Waals surface area (Å²) in [6.07, 6.45) is 3.27. The van der Waals surface area contributed by atoms with Gasteiger partial charge in [-0.2, -0.15) is 0 Å². The van der Waals surface area contributed by atoms with E-state index in [4.69, 9.17) is 4.52 Å². The molecule has 1 fully saturated rings. The van der Waals surface area contributed by atoms with Gasteiger partial charge in [-0.15, -0.1) is 0 Å². The van der Waals surface area contributed by atoms with Crippen molar-refractivity contribution in [3.05, 3.63) is 58.6 Å². The van der Waals surface area contributed by atoms with Crippen LogP contribution in [0.3, 0.4) is 0 Å². The number of aromatic nitrogens is 2. The molecule has 0 unspecified atom stereocenters. The second-order valence-corrected chi connectivity index (χ2v) is 7.17. The van der Waals surface area contributed by atoms with Gasteiger partial charge in [0.05, 0.1) is 17.6 Å². The maximum absolute atomic E-state index is 13.1. The number of amides is 1. The lowest BCUT2D eigenvalue weighted by atomic mass is 10.0. The maximum Gasteiger partial charge on any atom is 0.254 e. The number of pyridine rings is 1. The predicted octanol–water partition coefficient (Wildman–Crippen LogP) is 4.24. The number of rotatable bonds is 5. The lowest BCUT2D eigenvalue weighted by molar-refractivity contribution is 0.0784. The van der Waals surface area contributed by atoms with Crippen LogP contribution < -0.4 is 0 Å². The van der Waals surface area contributed by atoms with Crippen molar-refractivity contribution in [3.8, 4) is 0 Å². The highest BCUT2D eigenvalue weighted by molar-refractivity contribution is 6.06. The summed E-state index contributed by atoms with van der Waals surface area (Å²) in [6, 6.07) is 9.99. The van der Waals surface area contributed by atoms with Crippen molar-refractivity contribution in [1.29, 1.82) is 0 Å². The fourth-order valence-electron chi connectivity index (χ4n) is 3.29. The molecule has 0 atom stereocenters. The van der Waals surface area contributed by atoms with Gasteiger partial charge in [-0.05, 0) is 49.9 Å². The van der Waals surface area contributed by atoms with E-state index in [1.165, 1.54) is 18.4 Å². The highest BCUT2D eigenvalue weighted by Gasteiger charge is 2.28. The first-order chi connectivity index (χ1) is 12.5. The van der Waals surface area contributed by atoms with Crippen LogP contribution in [-0.4, -0.2) is 28.0 Å². The molecule has 1 aliphatic rings. The van der Waals surface area contributed by atoms with Crippen molar-refractivity contribution < 1.29 is 9.32 Å². The molecule has 4 rings (SSSR count). The smallest absolute Gasteiger partial charge is 0.254 e. The summed E-state index contributed by atoms with van der Waals surface area (Å²) in [5.74, 6) is 1.44. The lowest BCUT2D eigenvalue weighted by Gasteiger charge is -2.17. The first-order valence-electron chi connectivity index (χ1n) is 9.16. The summed E-state index contributed by atoms with van der Waals surface area (Å²) in [5.41, 5.74) is 4.39. The van der Waals surface area contributed by atoms with Crippen LogP contribution >= 0.6 is 0 Å².